The Morgan fingerprint density at radius 2 is 1.29 bits per heavy atom. The predicted octanol–water partition coefficient (Wildman–Crippen LogP) is 0.987. The molecule has 14 heavy (non-hydrogen) atoms. The topological polar surface area (TPSA) is 55.8 Å². The van der Waals surface area contributed by atoms with Crippen LogP contribution in [-0.2, 0) is 19.3 Å². The Morgan fingerprint density at radius 1 is 1.00 bits per heavy atom. The second kappa shape index (κ2) is 5.18. The van der Waals surface area contributed by atoms with Gasteiger partial charge < -0.3 is 9.68 Å². The van der Waals surface area contributed by atoms with Crippen LogP contribution < -0.4 is 0 Å². The Kier molecular flexibility index (Phi) is 4.58. The fourth-order valence-electron chi connectivity index (χ4n) is 0.408. The van der Waals surface area contributed by atoms with Gasteiger partial charge in [-0.2, -0.15) is 0 Å². The molecule has 0 spiro atoms. The molecule has 0 amide bonds. The summed E-state index contributed by atoms with van der Waals surface area (Å²) in [6.45, 7) is 9.69. The van der Waals surface area contributed by atoms with Gasteiger partial charge in [-0.3, -0.25) is 0 Å². The van der Waals surface area contributed by atoms with Crippen LogP contribution in [-0.4, -0.2) is 24.2 Å². The van der Waals surface area contributed by atoms with Crippen molar-refractivity contribution < 1.29 is 19.3 Å². The molecule has 0 atom stereocenters. The van der Waals surface area contributed by atoms with Crippen LogP contribution in [0.4, 0.5) is 0 Å². The second-order valence-corrected chi connectivity index (χ2v) is 2.76. The molecule has 0 aliphatic carbocycles. The van der Waals surface area contributed by atoms with Crippen molar-refractivity contribution in [3.8, 4) is 0 Å². The molecule has 0 aliphatic rings. The standard InChI is InChI=1S/C9H13NO4/c1-6(2)8(11)13-10(5)14-9(12)7(3)4/h1,3H2,2,4-5H3. The van der Waals surface area contributed by atoms with Gasteiger partial charge in [-0.25, -0.2) is 9.59 Å². The van der Waals surface area contributed by atoms with Gasteiger partial charge in [0.2, 0.25) is 0 Å². The Morgan fingerprint density at radius 3 is 1.50 bits per heavy atom. The molecule has 0 bridgehead atoms. The Hall–Kier alpha value is -1.62. The lowest BCUT2D eigenvalue weighted by atomic mass is 10.4. The van der Waals surface area contributed by atoms with Crippen molar-refractivity contribution in [2.24, 2.45) is 0 Å². The summed E-state index contributed by atoms with van der Waals surface area (Å²) in [6.07, 6.45) is 0. The molecule has 0 radical (unpaired) electrons. The summed E-state index contributed by atoms with van der Waals surface area (Å²) in [4.78, 5) is 30.9. The van der Waals surface area contributed by atoms with Crippen molar-refractivity contribution in [2.45, 2.75) is 13.8 Å². The Bertz CT molecular complexity index is 255. The largest absolute Gasteiger partial charge is 0.355 e. The van der Waals surface area contributed by atoms with E-state index in [0.717, 1.165) is 0 Å². The van der Waals surface area contributed by atoms with E-state index in [1.807, 2.05) is 0 Å². The maximum absolute atomic E-state index is 10.9. The smallest absolute Gasteiger partial charge is 0.329 e. The summed E-state index contributed by atoms with van der Waals surface area (Å²) < 4.78 is 0. The van der Waals surface area contributed by atoms with Gasteiger partial charge in [-0.15, -0.1) is 0 Å². The second-order valence-electron chi connectivity index (χ2n) is 2.76. The first kappa shape index (κ1) is 12.4. The van der Waals surface area contributed by atoms with E-state index in [2.05, 4.69) is 22.8 Å². The molecule has 5 heteroatoms. The number of carbonyl (C=O) groups is 2. The first-order valence-electron chi connectivity index (χ1n) is 3.84. The van der Waals surface area contributed by atoms with E-state index < -0.39 is 11.9 Å². The van der Waals surface area contributed by atoms with Crippen LogP contribution >= 0.6 is 0 Å². The van der Waals surface area contributed by atoms with Crippen molar-refractivity contribution in [1.29, 1.82) is 0 Å². The molecule has 0 rings (SSSR count). The molecule has 0 saturated carbocycles. The molecular weight excluding hydrogens is 186 g/mol. The molecule has 0 N–H and O–H groups in total. The van der Waals surface area contributed by atoms with E-state index in [4.69, 9.17) is 0 Å². The van der Waals surface area contributed by atoms with Crippen LogP contribution in [0.5, 0.6) is 0 Å². The van der Waals surface area contributed by atoms with Gasteiger partial charge in [0.25, 0.3) is 0 Å². The lowest BCUT2D eigenvalue weighted by molar-refractivity contribution is -0.307. The number of rotatable bonds is 4. The van der Waals surface area contributed by atoms with Crippen LogP contribution in [0.25, 0.3) is 0 Å². The van der Waals surface area contributed by atoms with Gasteiger partial charge >= 0.3 is 11.9 Å². The third-order valence-corrected chi connectivity index (χ3v) is 1.12. The van der Waals surface area contributed by atoms with Crippen molar-refractivity contribution in [3.63, 3.8) is 0 Å². The SMILES string of the molecule is C=C(C)C(=O)ON(C)OC(=O)C(=C)C. The molecule has 0 aromatic carbocycles. The third kappa shape index (κ3) is 4.42. The zero-order valence-electron chi connectivity index (χ0n) is 8.49. The van der Waals surface area contributed by atoms with Crippen LogP contribution in [0.3, 0.4) is 0 Å². The van der Waals surface area contributed by atoms with Gasteiger partial charge in [-0.05, 0) is 13.8 Å². The molecule has 0 fully saturated rings. The maximum Gasteiger partial charge on any atom is 0.355 e. The third-order valence-electron chi connectivity index (χ3n) is 1.12. The fraction of sp³-hybridized carbons (Fsp3) is 0.333. The highest BCUT2D eigenvalue weighted by molar-refractivity contribution is 5.87. The quantitative estimate of drug-likeness (QED) is 0.499. The highest BCUT2D eigenvalue weighted by atomic mass is 17.0. The van der Waals surface area contributed by atoms with E-state index in [1.165, 1.54) is 20.9 Å². The van der Waals surface area contributed by atoms with Crippen molar-refractivity contribution in [3.05, 3.63) is 24.3 Å². The van der Waals surface area contributed by atoms with Crippen LogP contribution in [0.1, 0.15) is 13.8 Å². The molecule has 0 aromatic heterocycles. The molecule has 5 nitrogen and oxygen atoms in total. The van der Waals surface area contributed by atoms with Gasteiger partial charge in [0.05, 0.1) is 7.05 Å². The van der Waals surface area contributed by atoms with Crippen LogP contribution in [0.2, 0.25) is 0 Å². The monoisotopic (exact) mass is 199 g/mol. The number of hydrogen-bond acceptors (Lipinski definition) is 5. The molecule has 0 saturated heterocycles. The van der Waals surface area contributed by atoms with E-state index in [1.54, 1.807) is 0 Å². The van der Waals surface area contributed by atoms with Gasteiger partial charge in [0, 0.05) is 16.4 Å². The molecular formula is C9H13NO4. The van der Waals surface area contributed by atoms with Gasteiger partial charge in [-0.1, -0.05) is 13.2 Å². The van der Waals surface area contributed by atoms with E-state index in [9.17, 15) is 9.59 Å². The lowest BCUT2D eigenvalue weighted by Crippen LogP contribution is -2.27. The average molecular weight is 199 g/mol. The summed E-state index contributed by atoms with van der Waals surface area (Å²) in [6, 6.07) is 0. The fourth-order valence-corrected chi connectivity index (χ4v) is 0.408. The zero-order valence-corrected chi connectivity index (χ0v) is 8.49. The van der Waals surface area contributed by atoms with Crippen LogP contribution in [0, 0.1) is 0 Å². The minimum Gasteiger partial charge on any atom is -0.329 e. The molecule has 78 valence electrons. The number of hydroxylamine groups is 2. The Balaban J connectivity index is 4.05. The summed E-state index contributed by atoms with van der Waals surface area (Å²) in [5.74, 6) is -1.33. The molecule has 0 aliphatic heterocycles. The molecule has 0 unspecified atom stereocenters. The summed E-state index contributed by atoms with van der Waals surface area (Å²) in [7, 11) is 1.28. The summed E-state index contributed by atoms with van der Waals surface area (Å²) in [5.41, 5.74) is 0.423. The van der Waals surface area contributed by atoms with Crippen LogP contribution in [0.15, 0.2) is 24.3 Å². The summed E-state index contributed by atoms with van der Waals surface area (Å²) >= 11 is 0. The minimum absolute atomic E-state index is 0.211. The van der Waals surface area contributed by atoms with E-state index >= 15 is 0 Å². The highest BCUT2D eigenvalue weighted by Gasteiger charge is 2.13. The number of carbonyl (C=O) groups excluding carboxylic acids is 2. The van der Waals surface area contributed by atoms with Gasteiger partial charge in [0.1, 0.15) is 0 Å². The predicted molar refractivity (Wildman–Crippen MR) is 49.6 cm³/mol. The minimum atomic E-state index is -0.665. The summed E-state index contributed by atoms with van der Waals surface area (Å²) in [5, 5.41) is 0.661. The van der Waals surface area contributed by atoms with E-state index in [-0.39, 0.29) is 11.1 Å². The van der Waals surface area contributed by atoms with Gasteiger partial charge in [0.15, 0.2) is 0 Å². The number of hydrogen-bond donors (Lipinski definition) is 0. The average Bonchev–Trinajstić information content (AvgIpc) is 2.03. The first-order valence-corrected chi connectivity index (χ1v) is 3.84. The Labute approximate surface area is 82.5 Å². The molecule has 0 heterocycles. The normalized spacial score (nSPS) is 9.43. The van der Waals surface area contributed by atoms with E-state index in [0.29, 0.717) is 5.23 Å². The lowest BCUT2D eigenvalue weighted by Gasteiger charge is -2.14. The highest BCUT2D eigenvalue weighted by Crippen LogP contribution is 1.99. The number of nitrogens with zero attached hydrogens (tertiary/aromatic N) is 1. The molecule has 0 aromatic rings. The zero-order chi connectivity index (χ0) is 11.3. The maximum atomic E-state index is 10.9. The first-order chi connectivity index (χ1) is 6.34. The van der Waals surface area contributed by atoms with Crippen molar-refractivity contribution >= 4 is 11.9 Å². The van der Waals surface area contributed by atoms with Crippen molar-refractivity contribution in [2.75, 3.05) is 7.05 Å². The van der Waals surface area contributed by atoms with Crippen molar-refractivity contribution in [1.82, 2.24) is 5.23 Å².